The lowest BCUT2D eigenvalue weighted by molar-refractivity contribution is 0.0601. The number of carbonyl (C=O) groups is 6. The number of rotatable bonds is 12. The number of nitrogens with zero attached hydrogens (tertiary/aromatic N) is 3. The number of amides is 1. The van der Waals surface area contributed by atoms with Crippen LogP contribution in [-0.4, -0.2) is 61.1 Å². The first kappa shape index (κ1) is 47.1. The highest BCUT2D eigenvalue weighted by atomic mass is 16.5. The third-order valence-electron chi connectivity index (χ3n) is 12.1. The van der Waals surface area contributed by atoms with Gasteiger partial charge in [-0.05, 0) is 131 Å². The molecule has 1 amide bonds. The van der Waals surface area contributed by atoms with E-state index in [0.717, 1.165) is 98.9 Å². The first-order valence-corrected chi connectivity index (χ1v) is 22.5. The third-order valence-corrected chi connectivity index (χ3v) is 12.1. The van der Waals surface area contributed by atoms with Gasteiger partial charge in [0.1, 0.15) is 0 Å². The molecule has 0 radical (unpaired) electrons. The topological polar surface area (TPSA) is 173 Å². The Morgan fingerprint density at radius 1 is 0.478 bits per heavy atom. The van der Waals surface area contributed by atoms with Crippen LogP contribution in [-0.2, 0) is 24.4 Å². The van der Waals surface area contributed by atoms with Crippen LogP contribution in [0.1, 0.15) is 123 Å². The average molecular weight is 899 g/mol. The maximum atomic E-state index is 12.2. The molecule has 0 saturated carbocycles. The number of methoxy groups -OCH3 is 1. The number of ketones is 3. The van der Waals surface area contributed by atoms with E-state index in [1.807, 2.05) is 72.8 Å². The SMILES string of the molecule is CCCn1c2ccc(C(C)=O)cc2c2c(C(=O)O)cccc21.CCCn1c2ccc(C(C)=O)cc2c2c(C(=O)OC)cccc21.CCCn1c2ccc(C(C)=O)cc2c2c(C(N)=O)cccc21. The number of aromatic carboxylic acids is 1. The Labute approximate surface area is 387 Å². The summed E-state index contributed by atoms with van der Waals surface area (Å²) in [6, 6.07) is 33.4. The van der Waals surface area contributed by atoms with Crippen molar-refractivity contribution in [2.24, 2.45) is 5.73 Å². The highest BCUT2D eigenvalue weighted by Gasteiger charge is 2.21. The first-order chi connectivity index (χ1) is 32.2. The normalized spacial score (nSPS) is 11.1. The summed E-state index contributed by atoms with van der Waals surface area (Å²) in [5, 5.41) is 14.5. The van der Waals surface area contributed by atoms with E-state index in [1.165, 1.54) is 14.0 Å². The molecule has 67 heavy (non-hydrogen) atoms. The number of aromatic nitrogens is 3. The van der Waals surface area contributed by atoms with Crippen LogP contribution in [0.2, 0.25) is 0 Å². The van der Waals surface area contributed by atoms with Gasteiger partial charge >= 0.3 is 11.9 Å². The molecule has 12 nitrogen and oxygen atoms in total. The van der Waals surface area contributed by atoms with Crippen LogP contribution in [0.5, 0.6) is 0 Å². The summed E-state index contributed by atoms with van der Waals surface area (Å²) in [7, 11) is 1.38. The van der Waals surface area contributed by atoms with Crippen LogP contribution in [0.15, 0.2) is 109 Å². The Morgan fingerprint density at radius 3 is 1.12 bits per heavy atom. The molecule has 0 aliphatic rings. The van der Waals surface area contributed by atoms with E-state index in [9.17, 15) is 33.9 Å². The van der Waals surface area contributed by atoms with Crippen LogP contribution >= 0.6 is 0 Å². The Balaban J connectivity index is 0.000000149. The van der Waals surface area contributed by atoms with Gasteiger partial charge in [-0.3, -0.25) is 19.2 Å². The molecule has 12 heteroatoms. The largest absolute Gasteiger partial charge is 0.478 e. The number of aryl methyl sites for hydroxylation is 3. The van der Waals surface area contributed by atoms with E-state index in [4.69, 9.17) is 10.5 Å². The highest BCUT2D eigenvalue weighted by molar-refractivity contribution is 6.20. The standard InChI is InChI=1S/C19H19NO3.C18H18N2O2.C18H17NO3/c1-4-10-20-16-9-8-13(12(2)21)11-15(16)18-14(19(22)23-3)6-5-7-17(18)20;1-3-9-20-15-8-7-12(11(2)21)10-14(15)17-13(18(19)22)5-4-6-16(17)20;1-3-9-19-15-8-7-12(11(2)20)10-14(15)17-13(18(21)22)5-4-6-16(17)19/h5-9,11H,4,10H2,1-3H3;4-8,10H,3,9H2,1-2H3,(H2,19,22);4-8,10H,3,9H2,1-2H3,(H,21,22). The third kappa shape index (κ3) is 8.82. The lowest BCUT2D eigenvalue weighted by Gasteiger charge is -2.06. The summed E-state index contributed by atoms with van der Waals surface area (Å²) >= 11 is 0. The van der Waals surface area contributed by atoms with Gasteiger partial charge < -0.3 is 29.3 Å². The van der Waals surface area contributed by atoms with Crippen molar-refractivity contribution >= 4 is 101 Å². The monoisotopic (exact) mass is 898 g/mol. The van der Waals surface area contributed by atoms with Gasteiger partial charge in [0.05, 0.1) is 18.2 Å². The Kier molecular flexibility index (Phi) is 13.9. The number of fused-ring (bicyclic) bond motifs is 9. The Hall–Kier alpha value is -7.86. The second kappa shape index (κ2) is 19.7. The summed E-state index contributed by atoms with van der Waals surface area (Å²) in [5.74, 6) is -1.76. The van der Waals surface area contributed by atoms with Crippen molar-refractivity contribution in [2.75, 3.05) is 7.11 Å². The zero-order valence-corrected chi connectivity index (χ0v) is 38.9. The number of carbonyl (C=O) groups excluding carboxylic acids is 5. The Bertz CT molecular complexity index is 3310. The maximum Gasteiger partial charge on any atom is 0.338 e. The highest BCUT2D eigenvalue weighted by Crippen LogP contribution is 2.36. The minimum absolute atomic E-state index is 0.00912. The fourth-order valence-electron chi connectivity index (χ4n) is 9.16. The van der Waals surface area contributed by atoms with E-state index in [1.54, 1.807) is 50.2 Å². The molecular formula is C55H54N4O8. The number of carboxylic acid groups (broad SMARTS) is 1. The van der Waals surface area contributed by atoms with E-state index in [2.05, 4.69) is 34.5 Å². The minimum atomic E-state index is -0.950. The molecule has 0 saturated heterocycles. The van der Waals surface area contributed by atoms with Crippen LogP contribution in [0, 0.1) is 0 Å². The number of esters is 1. The molecule has 9 aromatic rings. The number of hydrogen-bond acceptors (Lipinski definition) is 7. The molecule has 6 aromatic carbocycles. The average Bonchev–Trinajstić information content (AvgIpc) is 3.94. The smallest absolute Gasteiger partial charge is 0.338 e. The predicted molar refractivity (Wildman–Crippen MR) is 266 cm³/mol. The summed E-state index contributed by atoms with van der Waals surface area (Å²) in [6.07, 6.45) is 2.91. The van der Waals surface area contributed by atoms with Crippen LogP contribution in [0.3, 0.4) is 0 Å². The zero-order valence-electron chi connectivity index (χ0n) is 38.9. The first-order valence-electron chi connectivity index (χ1n) is 22.5. The lowest BCUT2D eigenvalue weighted by Crippen LogP contribution is -2.11. The van der Waals surface area contributed by atoms with E-state index in [-0.39, 0.29) is 28.9 Å². The fourth-order valence-corrected chi connectivity index (χ4v) is 9.16. The number of carboxylic acids is 1. The quantitative estimate of drug-likeness (QED) is 0.0900. The van der Waals surface area contributed by atoms with Crippen molar-refractivity contribution in [1.82, 2.24) is 13.7 Å². The van der Waals surface area contributed by atoms with Gasteiger partial charge in [-0.25, -0.2) is 9.59 Å². The van der Waals surface area contributed by atoms with Gasteiger partial charge in [-0.1, -0.05) is 39.0 Å². The zero-order chi connectivity index (χ0) is 48.3. The molecular weight excluding hydrogens is 845 g/mol. The molecule has 0 aliphatic carbocycles. The summed E-state index contributed by atoms with van der Waals surface area (Å²) < 4.78 is 11.4. The number of primary amides is 1. The fraction of sp³-hybridized carbons (Fsp3) is 0.236. The molecule has 0 unspecified atom stereocenters. The van der Waals surface area contributed by atoms with E-state index < -0.39 is 11.9 Å². The molecule has 3 heterocycles. The van der Waals surface area contributed by atoms with Gasteiger partial charge in [0.15, 0.2) is 17.3 Å². The lowest BCUT2D eigenvalue weighted by atomic mass is 10.0. The molecule has 3 aromatic heterocycles. The second-order valence-corrected chi connectivity index (χ2v) is 16.6. The van der Waals surface area contributed by atoms with E-state index >= 15 is 0 Å². The van der Waals surface area contributed by atoms with Crippen molar-refractivity contribution in [3.63, 3.8) is 0 Å². The van der Waals surface area contributed by atoms with Crippen molar-refractivity contribution in [1.29, 1.82) is 0 Å². The van der Waals surface area contributed by atoms with Gasteiger partial charge in [-0.2, -0.15) is 0 Å². The molecule has 9 rings (SSSR count). The minimum Gasteiger partial charge on any atom is -0.478 e. The molecule has 0 aliphatic heterocycles. The van der Waals surface area contributed by atoms with Gasteiger partial charge in [0.2, 0.25) is 5.91 Å². The van der Waals surface area contributed by atoms with Crippen LogP contribution < -0.4 is 5.73 Å². The molecule has 3 N–H and O–H groups in total. The number of nitrogens with two attached hydrogens (primary N) is 1. The van der Waals surface area contributed by atoms with Crippen molar-refractivity contribution < 1.29 is 38.6 Å². The van der Waals surface area contributed by atoms with Crippen LogP contribution in [0.25, 0.3) is 65.4 Å². The van der Waals surface area contributed by atoms with E-state index in [0.29, 0.717) is 33.2 Å². The summed E-state index contributed by atoms with van der Waals surface area (Å²) in [5.41, 5.74) is 14.6. The van der Waals surface area contributed by atoms with Gasteiger partial charge in [-0.15, -0.1) is 0 Å². The molecule has 0 fully saturated rings. The van der Waals surface area contributed by atoms with Crippen molar-refractivity contribution in [3.05, 3.63) is 143 Å². The maximum absolute atomic E-state index is 12.2. The van der Waals surface area contributed by atoms with Crippen molar-refractivity contribution in [2.45, 2.75) is 80.4 Å². The number of ether oxygens (including phenoxy) is 1. The van der Waals surface area contributed by atoms with Crippen LogP contribution in [0.4, 0.5) is 0 Å². The van der Waals surface area contributed by atoms with Gasteiger partial charge in [0, 0.05) is 107 Å². The molecule has 342 valence electrons. The van der Waals surface area contributed by atoms with Crippen molar-refractivity contribution in [3.8, 4) is 0 Å². The summed E-state index contributed by atoms with van der Waals surface area (Å²) in [4.78, 5) is 70.6. The summed E-state index contributed by atoms with van der Waals surface area (Å²) in [6.45, 7) is 13.4. The number of benzene rings is 6. The predicted octanol–water partition coefficient (Wildman–Crippen LogP) is 11.8. The second-order valence-electron chi connectivity index (χ2n) is 16.6. The Morgan fingerprint density at radius 2 is 0.806 bits per heavy atom. The molecule has 0 atom stereocenters. The molecule has 0 spiro atoms. The number of hydrogen-bond donors (Lipinski definition) is 2. The van der Waals surface area contributed by atoms with Gasteiger partial charge in [0.25, 0.3) is 0 Å². The molecule has 0 bridgehead atoms. The number of Topliss-reactive ketones (excluding diaryl/α,β-unsaturated/α-hetero) is 3.